The third-order valence-corrected chi connectivity index (χ3v) is 7.20. The van der Waals surface area contributed by atoms with Gasteiger partial charge in [-0.05, 0) is 44.2 Å². The third-order valence-electron chi connectivity index (χ3n) is 6.90. The maximum absolute atomic E-state index is 13.4. The Hall–Kier alpha value is -1.90. The van der Waals surface area contributed by atoms with E-state index in [0.717, 1.165) is 25.3 Å². The van der Waals surface area contributed by atoms with Crippen LogP contribution in [-0.2, 0) is 14.4 Å². The fourth-order valence-corrected chi connectivity index (χ4v) is 5.71. The zero-order chi connectivity index (χ0) is 20.9. The molecule has 2 bridgehead atoms. The van der Waals surface area contributed by atoms with Crippen LogP contribution in [0.3, 0.4) is 0 Å². The average molecular weight is 438 g/mol. The van der Waals surface area contributed by atoms with Gasteiger partial charge in [0, 0.05) is 29.1 Å². The minimum Gasteiger partial charge on any atom is -0.484 e. The van der Waals surface area contributed by atoms with Crippen molar-refractivity contribution < 1.29 is 23.6 Å². The van der Waals surface area contributed by atoms with Crippen LogP contribution in [0.15, 0.2) is 18.2 Å². The second kappa shape index (κ2) is 7.35. The summed E-state index contributed by atoms with van der Waals surface area (Å²) in [6.45, 7) is -0.202. The van der Waals surface area contributed by atoms with E-state index in [1.54, 1.807) is 0 Å². The highest BCUT2D eigenvalue weighted by molar-refractivity contribution is 6.30. The van der Waals surface area contributed by atoms with E-state index in [9.17, 15) is 14.0 Å². The second-order valence-electron chi connectivity index (χ2n) is 9.20. The molecule has 7 nitrogen and oxygen atoms in total. The van der Waals surface area contributed by atoms with Gasteiger partial charge in [-0.2, -0.15) is 5.48 Å². The molecule has 0 radical (unpaired) electrons. The van der Waals surface area contributed by atoms with Gasteiger partial charge in [0.25, 0.3) is 11.8 Å². The summed E-state index contributed by atoms with van der Waals surface area (Å²) >= 11 is 5.64. The molecule has 3 unspecified atom stereocenters. The van der Waals surface area contributed by atoms with Gasteiger partial charge in [-0.25, -0.2) is 4.39 Å². The molecule has 3 atom stereocenters. The second-order valence-corrected chi connectivity index (χ2v) is 9.61. The predicted octanol–water partition coefficient (Wildman–Crippen LogP) is 2.23. The molecule has 1 saturated heterocycles. The van der Waals surface area contributed by atoms with Gasteiger partial charge in [-0.1, -0.05) is 24.4 Å². The Morgan fingerprint density at radius 2 is 1.93 bits per heavy atom. The minimum absolute atomic E-state index is 0.00538. The van der Waals surface area contributed by atoms with Crippen molar-refractivity contribution in [2.45, 2.75) is 68.2 Å². The molecular formula is C21H25ClFN3O4. The molecule has 0 aromatic heterocycles. The Morgan fingerprint density at radius 1 is 1.20 bits per heavy atom. The van der Waals surface area contributed by atoms with Gasteiger partial charge in [0.15, 0.2) is 12.7 Å². The average Bonchev–Trinajstić information content (AvgIpc) is 3.10. The van der Waals surface area contributed by atoms with Crippen LogP contribution in [0.2, 0.25) is 5.02 Å². The first-order chi connectivity index (χ1) is 14.4. The molecular weight excluding hydrogens is 413 g/mol. The van der Waals surface area contributed by atoms with Crippen molar-refractivity contribution in [3.05, 3.63) is 29.0 Å². The molecule has 5 fully saturated rings. The van der Waals surface area contributed by atoms with Gasteiger partial charge < -0.3 is 15.4 Å². The van der Waals surface area contributed by atoms with E-state index < -0.39 is 11.9 Å². The number of carbonyl (C=O) groups excluding carboxylic acids is 2. The lowest BCUT2D eigenvalue weighted by Gasteiger charge is -2.70. The first-order valence-corrected chi connectivity index (χ1v) is 10.9. The Balaban J connectivity index is 1.07. The number of hydrogen-bond acceptors (Lipinski definition) is 5. The summed E-state index contributed by atoms with van der Waals surface area (Å²) in [5.41, 5.74) is 2.52. The zero-order valence-electron chi connectivity index (χ0n) is 16.5. The Bertz CT molecular complexity index is 862. The van der Waals surface area contributed by atoms with E-state index in [2.05, 4.69) is 16.1 Å². The largest absolute Gasteiger partial charge is 0.484 e. The highest BCUT2D eigenvalue weighted by atomic mass is 35.5. The van der Waals surface area contributed by atoms with Crippen LogP contribution in [0, 0.1) is 11.7 Å². The number of halogens is 2. The Morgan fingerprint density at radius 3 is 2.70 bits per heavy atom. The molecule has 9 heteroatoms. The van der Waals surface area contributed by atoms with Crippen molar-refractivity contribution in [2.24, 2.45) is 5.92 Å². The lowest BCUT2D eigenvalue weighted by molar-refractivity contribution is -0.157. The third kappa shape index (κ3) is 3.55. The summed E-state index contributed by atoms with van der Waals surface area (Å²) in [7, 11) is 0. The zero-order valence-corrected chi connectivity index (χ0v) is 17.3. The van der Waals surface area contributed by atoms with Crippen molar-refractivity contribution in [2.75, 3.05) is 6.61 Å². The number of nitrogens with one attached hydrogen (secondary N) is 3. The quantitative estimate of drug-likeness (QED) is 0.635. The summed E-state index contributed by atoms with van der Waals surface area (Å²) < 4.78 is 18.8. The lowest BCUT2D eigenvalue weighted by Crippen LogP contribution is -2.84. The molecule has 3 N–H and O–H groups in total. The standard InChI is InChI=1S/C21H25ClFN3O4/c22-14-6-5-12(7-15(14)23)29-8-17(27)24-20-9-21(10-20,11-20)25-19(28)18-13-3-1-2-4-16(13)26-30-18/h5-7,13,16,18,26H,1-4,8-11H2,(H,24,27)(H,25,28). The molecule has 162 valence electrons. The summed E-state index contributed by atoms with van der Waals surface area (Å²) in [6, 6.07) is 4.33. The maximum atomic E-state index is 13.4. The van der Waals surface area contributed by atoms with Crippen molar-refractivity contribution in [1.82, 2.24) is 16.1 Å². The molecule has 6 rings (SSSR count). The number of hydroxylamine groups is 1. The molecule has 1 aromatic carbocycles. The summed E-state index contributed by atoms with van der Waals surface area (Å²) in [4.78, 5) is 30.6. The number of benzene rings is 1. The maximum Gasteiger partial charge on any atom is 0.258 e. The number of amides is 2. The van der Waals surface area contributed by atoms with Gasteiger partial charge in [-0.3, -0.25) is 14.4 Å². The monoisotopic (exact) mass is 437 g/mol. The SMILES string of the molecule is O=C(COc1ccc(Cl)c(F)c1)NC12CC(NC(=O)C3ONC4CCCCC43)(C1)C2. The summed E-state index contributed by atoms with van der Waals surface area (Å²) in [6.07, 6.45) is 6.09. The van der Waals surface area contributed by atoms with E-state index in [4.69, 9.17) is 21.2 Å². The van der Waals surface area contributed by atoms with Crippen molar-refractivity contribution in [3.8, 4) is 5.75 Å². The summed E-state index contributed by atoms with van der Waals surface area (Å²) in [5, 5.41) is 6.15. The highest BCUT2D eigenvalue weighted by Crippen LogP contribution is 2.60. The van der Waals surface area contributed by atoms with Crippen LogP contribution in [0.1, 0.15) is 44.9 Å². The number of carbonyl (C=O) groups is 2. The molecule has 1 aliphatic heterocycles. The number of ether oxygens (including phenoxy) is 1. The van der Waals surface area contributed by atoms with Crippen LogP contribution in [0.4, 0.5) is 4.39 Å². The number of hydrogen-bond donors (Lipinski definition) is 3. The molecule has 0 spiro atoms. The topological polar surface area (TPSA) is 88.7 Å². The van der Waals surface area contributed by atoms with Gasteiger partial charge in [-0.15, -0.1) is 0 Å². The number of fused-ring (bicyclic) bond motifs is 1. The molecule has 4 aliphatic carbocycles. The van der Waals surface area contributed by atoms with Crippen molar-refractivity contribution >= 4 is 23.4 Å². The Kier molecular flexibility index (Phi) is 4.91. The predicted molar refractivity (Wildman–Crippen MR) is 106 cm³/mol. The van der Waals surface area contributed by atoms with Crippen molar-refractivity contribution in [1.29, 1.82) is 0 Å². The first kappa shape index (κ1) is 20.0. The van der Waals surface area contributed by atoms with E-state index in [0.29, 0.717) is 19.3 Å². The van der Waals surface area contributed by atoms with Crippen LogP contribution in [0.5, 0.6) is 5.75 Å². The minimum atomic E-state index is -0.590. The summed E-state index contributed by atoms with van der Waals surface area (Å²) in [5.74, 6) is -0.412. The fraction of sp³-hybridized carbons (Fsp3) is 0.619. The molecule has 1 heterocycles. The van der Waals surface area contributed by atoms with Crippen LogP contribution in [0.25, 0.3) is 0 Å². The van der Waals surface area contributed by atoms with Gasteiger partial charge in [0.1, 0.15) is 11.6 Å². The van der Waals surface area contributed by atoms with Gasteiger partial charge >= 0.3 is 0 Å². The van der Waals surface area contributed by atoms with Crippen LogP contribution in [-0.4, -0.2) is 41.6 Å². The molecule has 1 aromatic rings. The van der Waals surface area contributed by atoms with E-state index in [-0.39, 0.29) is 52.2 Å². The van der Waals surface area contributed by atoms with Gasteiger partial charge in [0.05, 0.1) is 5.02 Å². The smallest absolute Gasteiger partial charge is 0.258 e. The fourth-order valence-electron chi connectivity index (χ4n) is 5.60. The van der Waals surface area contributed by atoms with Gasteiger partial charge in [0.2, 0.25) is 0 Å². The van der Waals surface area contributed by atoms with Crippen LogP contribution >= 0.6 is 11.6 Å². The molecule has 30 heavy (non-hydrogen) atoms. The Labute approximate surface area is 179 Å². The van der Waals surface area contributed by atoms with Crippen LogP contribution < -0.4 is 20.9 Å². The van der Waals surface area contributed by atoms with E-state index in [1.165, 1.54) is 18.6 Å². The lowest BCUT2D eigenvalue weighted by atomic mass is 9.44. The molecule has 5 aliphatic rings. The molecule has 2 amide bonds. The van der Waals surface area contributed by atoms with Crippen molar-refractivity contribution in [3.63, 3.8) is 0 Å². The highest BCUT2D eigenvalue weighted by Gasteiger charge is 2.69. The van der Waals surface area contributed by atoms with E-state index >= 15 is 0 Å². The number of rotatable bonds is 6. The first-order valence-electron chi connectivity index (χ1n) is 10.5. The normalized spacial score (nSPS) is 36.1. The molecule has 4 saturated carbocycles. The van der Waals surface area contributed by atoms with E-state index in [1.807, 2.05) is 0 Å².